The molecule has 1 aromatic carbocycles. The average molecular weight is 351 g/mol. The van der Waals surface area contributed by atoms with E-state index in [-0.39, 0.29) is 17.4 Å². The molecule has 3 rings (SSSR count). The molecule has 0 unspecified atom stereocenters. The van der Waals surface area contributed by atoms with Gasteiger partial charge in [-0.1, -0.05) is 17.8 Å². The first kappa shape index (κ1) is 16.7. The summed E-state index contributed by atoms with van der Waals surface area (Å²) in [6, 6.07) is 5.05. The van der Waals surface area contributed by atoms with E-state index >= 15 is 0 Å². The van der Waals surface area contributed by atoms with Crippen molar-refractivity contribution in [2.45, 2.75) is 30.6 Å². The van der Waals surface area contributed by atoms with Crippen LogP contribution in [0.2, 0.25) is 0 Å². The number of carbonyl (C=O) groups is 1. The molecule has 0 spiro atoms. The van der Waals surface area contributed by atoms with Gasteiger partial charge in [-0.15, -0.1) is 5.10 Å². The van der Waals surface area contributed by atoms with Gasteiger partial charge in [0.15, 0.2) is 11.6 Å². The zero-order valence-electron chi connectivity index (χ0n) is 13.5. The van der Waals surface area contributed by atoms with Crippen LogP contribution in [0.5, 0.6) is 5.75 Å². The normalized spacial score (nSPS) is 13.8. The van der Waals surface area contributed by atoms with Crippen molar-refractivity contribution in [3.63, 3.8) is 0 Å². The lowest BCUT2D eigenvalue weighted by Crippen LogP contribution is -2.28. The highest BCUT2D eigenvalue weighted by Crippen LogP contribution is 2.36. The number of nitrogens with zero attached hydrogens (tertiary/aromatic N) is 5. The lowest BCUT2D eigenvalue weighted by molar-refractivity contribution is -0.127. The lowest BCUT2D eigenvalue weighted by Gasteiger charge is -2.17. The second kappa shape index (κ2) is 7.16. The van der Waals surface area contributed by atoms with Crippen molar-refractivity contribution in [3.8, 4) is 5.75 Å². The number of hydrogen-bond donors (Lipinski definition) is 0. The molecule has 1 amide bonds. The van der Waals surface area contributed by atoms with E-state index in [2.05, 4.69) is 15.5 Å². The second-order valence-corrected chi connectivity index (χ2v) is 6.59. The summed E-state index contributed by atoms with van der Waals surface area (Å²) in [4.78, 5) is 13.8. The van der Waals surface area contributed by atoms with E-state index in [0.717, 1.165) is 12.8 Å². The van der Waals surface area contributed by atoms with Crippen LogP contribution < -0.4 is 4.74 Å². The van der Waals surface area contributed by atoms with Crippen molar-refractivity contribution in [1.29, 1.82) is 0 Å². The molecule has 24 heavy (non-hydrogen) atoms. The molecule has 0 aliphatic heterocycles. The minimum absolute atomic E-state index is 0.0680. The van der Waals surface area contributed by atoms with Crippen LogP contribution in [-0.4, -0.2) is 50.9 Å². The third-order valence-corrected chi connectivity index (χ3v) is 4.66. The maximum absolute atomic E-state index is 13.7. The molecule has 1 heterocycles. The van der Waals surface area contributed by atoms with Crippen molar-refractivity contribution in [1.82, 2.24) is 25.1 Å². The van der Waals surface area contributed by atoms with Gasteiger partial charge in [-0.25, -0.2) is 9.07 Å². The molecule has 128 valence electrons. The number of carbonyl (C=O) groups excluding carboxylic acids is 1. The van der Waals surface area contributed by atoms with Crippen LogP contribution in [0.3, 0.4) is 0 Å². The van der Waals surface area contributed by atoms with Gasteiger partial charge in [0.25, 0.3) is 0 Å². The quantitative estimate of drug-likeness (QED) is 0.710. The van der Waals surface area contributed by atoms with Crippen molar-refractivity contribution in [2.75, 3.05) is 19.9 Å². The minimum Gasteiger partial charge on any atom is -0.494 e. The molecule has 1 aliphatic rings. The van der Waals surface area contributed by atoms with E-state index in [1.807, 2.05) is 0 Å². The average Bonchev–Trinajstić information content (AvgIpc) is 3.31. The van der Waals surface area contributed by atoms with Crippen LogP contribution in [0.25, 0.3) is 0 Å². The molecule has 1 fully saturated rings. The van der Waals surface area contributed by atoms with Crippen LogP contribution >= 0.6 is 11.8 Å². The molecule has 7 nitrogen and oxygen atoms in total. The number of methoxy groups -OCH3 is 1. The molecule has 0 N–H and O–H groups in total. The maximum Gasteiger partial charge on any atom is 0.233 e. The molecule has 0 radical (unpaired) electrons. The van der Waals surface area contributed by atoms with Crippen LogP contribution in [0, 0.1) is 5.82 Å². The first-order chi connectivity index (χ1) is 11.6. The summed E-state index contributed by atoms with van der Waals surface area (Å²) in [6.45, 7) is 0.327. The molecule has 0 saturated heterocycles. The zero-order chi connectivity index (χ0) is 17.1. The first-order valence-electron chi connectivity index (χ1n) is 7.55. The number of benzene rings is 1. The van der Waals surface area contributed by atoms with Gasteiger partial charge in [-0.3, -0.25) is 4.79 Å². The summed E-state index contributed by atoms with van der Waals surface area (Å²) >= 11 is 1.32. The predicted molar refractivity (Wildman–Crippen MR) is 86.2 cm³/mol. The predicted octanol–water partition coefficient (Wildman–Crippen LogP) is 1.91. The smallest absolute Gasteiger partial charge is 0.233 e. The summed E-state index contributed by atoms with van der Waals surface area (Å²) in [5.74, 6) is -0.0759. The van der Waals surface area contributed by atoms with Crippen molar-refractivity contribution >= 4 is 17.7 Å². The molecule has 1 aliphatic carbocycles. The zero-order valence-corrected chi connectivity index (χ0v) is 14.3. The highest BCUT2D eigenvalue weighted by molar-refractivity contribution is 7.99. The molecular weight excluding hydrogens is 333 g/mol. The molecule has 2 aromatic rings. The van der Waals surface area contributed by atoms with Gasteiger partial charge in [-0.2, -0.15) is 0 Å². The Labute approximate surface area is 143 Å². The summed E-state index contributed by atoms with van der Waals surface area (Å²) < 4.78 is 20.4. The Morgan fingerprint density at radius 2 is 2.29 bits per heavy atom. The second-order valence-electron chi connectivity index (χ2n) is 5.64. The Hall–Kier alpha value is -2.16. The fourth-order valence-electron chi connectivity index (χ4n) is 2.24. The number of tetrazole rings is 1. The van der Waals surface area contributed by atoms with Gasteiger partial charge in [0.1, 0.15) is 0 Å². The Kier molecular flexibility index (Phi) is 4.98. The van der Waals surface area contributed by atoms with Crippen LogP contribution in [-0.2, 0) is 11.3 Å². The van der Waals surface area contributed by atoms with E-state index in [1.54, 1.807) is 28.8 Å². The number of thioether (sulfide) groups is 1. The van der Waals surface area contributed by atoms with Crippen LogP contribution in [0.1, 0.15) is 24.4 Å². The fraction of sp³-hybridized carbons (Fsp3) is 0.467. The number of aromatic nitrogens is 4. The Balaban J connectivity index is 1.54. The van der Waals surface area contributed by atoms with Gasteiger partial charge in [-0.05, 0) is 41.0 Å². The maximum atomic E-state index is 13.7. The fourth-order valence-corrected chi connectivity index (χ4v) is 3.12. The van der Waals surface area contributed by atoms with E-state index in [9.17, 15) is 9.18 Å². The van der Waals surface area contributed by atoms with Crippen LogP contribution in [0.4, 0.5) is 4.39 Å². The van der Waals surface area contributed by atoms with E-state index in [0.29, 0.717) is 23.3 Å². The largest absolute Gasteiger partial charge is 0.494 e. The lowest BCUT2D eigenvalue weighted by atomic mass is 10.2. The molecule has 1 saturated carbocycles. The molecule has 1 aromatic heterocycles. The number of halogens is 1. The van der Waals surface area contributed by atoms with E-state index in [4.69, 9.17) is 4.74 Å². The summed E-state index contributed by atoms with van der Waals surface area (Å²) in [5, 5.41) is 12.2. The van der Waals surface area contributed by atoms with Gasteiger partial charge < -0.3 is 9.64 Å². The van der Waals surface area contributed by atoms with Gasteiger partial charge in [0, 0.05) is 13.6 Å². The topological polar surface area (TPSA) is 73.1 Å². The van der Waals surface area contributed by atoms with Crippen molar-refractivity contribution in [2.24, 2.45) is 0 Å². The van der Waals surface area contributed by atoms with Gasteiger partial charge in [0.2, 0.25) is 11.1 Å². The van der Waals surface area contributed by atoms with Crippen molar-refractivity contribution in [3.05, 3.63) is 29.6 Å². The first-order valence-corrected chi connectivity index (χ1v) is 8.54. The van der Waals surface area contributed by atoms with E-state index in [1.165, 1.54) is 24.9 Å². The van der Waals surface area contributed by atoms with E-state index < -0.39 is 5.82 Å². The third kappa shape index (κ3) is 3.84. The summed E-state index contributed by atoms with van der Waals surface area (Å²) in [5.41, 5.74) is 0.706. The number of rotatable bonds is 7. The highest BCUT2D eigenvalue weighted by Gasteiger charge is 2.28. The Bertz CT molecular complexity index is 734. The minimum atomic E-state index is -0.436. The summed E-state index contributed by atoms with van der Waals surface area (Å²) in [7, 11) is 3.11. The standard InChI is InChI=1S/C15H18FN5O2S/c1-20(8-10-3-6-13(23-2)12(16)7-10)14(22)9-24-15-17-18-19-21(15)11-4-5-11/h3,6-7,11H,4-5,8-9H2,1-2H3. The highest BCUT2D eigenvalue weighted by atomic mass is 32.2. The number of hydrogen-bond acceptors (Lipinski definition) is 6. The molecule has 0 atom stereocenters. The van der Waals surface area contributed by atoms with Gasteiger partial charge in [0.05, 0.1) is 18.9 Å². The molecule has 0 bridgehead atoms. The van der Waals surface area contributed by atoms with Gasteiger partial charge >= 0.3 is 0 Å². The Morgan fingerprint density at radius 1 is 1.50 bits per heavy atom. The summed E-state index contributed by atoms with van der Waals surface area (Å²) in [6.07, 6.45) is 2.16. The van der Waals surface area contributed by atoms with Crippen LogP contribution in [0.15, 0.2) is 23.4 Å². The monoisotopic (exact) mass is 351 g/mol. The SMILES string of the molecule is COc1ccc(CN(C)C(=O)CSc2nnnn2C2CC2)cc1F. The molecular formula is C15H18FN5O2S. The number of ether oxygens (including phenoxy) is 1. The third-order valence-electron chi connectivity index (χ3n) is 3.74. The Morgan fingerprint density at radius 3 is 2.96 bits per heavy atom. The number of amides is 1. The molecule has 9 heteroatoms. The van der Waals surface area contributed by atoms with Crippen molar-refractivity contribution < 1.29 is 13.9 Å².